The van der Waals surface area contributed by atoms with Crippen LogP contribution in [0.25, 0.3) is 22.1 Å². The molecule has 158 valence electrons. The van der Waals surface area contributed by atoms with Crippen molar-refractivity contribution >= 4 is 11.0 Å². The molecule has 2 aromatic carbocycles. The monoisotopic (exact) mass is 416 g/mol. The van der Waals surface area contributed by atoms with Crippen LogP contribution in [0.2, 0.25) is 0 Å². The minimum atomic E-state index is -1.56. The molecular weight excluding hydrogens is 396 g/mol. The summed E-state index contributed by atoms with van der Waals surface area (Å²) >= 11 is 0. The van der Waals surface area contributed by atoms with E-state index in [1.54, 1.807) is 12.1 Å². The minimum absolute atomic E-state index is 0.0823. The molecule has 1 aliphatic heterocycles. The highest BCUT2D eigenvalue weighted by Crippen LogP contribution is 2.27. The topological polar surface area (TPSA) is 150 Å². The summed E-state index contributed by atoms with van der Waals surface area (Å²) in [5, 5.41) is 48.7. The van der Waals surface area contributed by atoms with Gasteiger partial charge in [0.25, 0.3) is 0 Å². The minimum Gasteiger partial charge on any atom is -0.508 e. The Balaban J connectivity index is 1.62. The van der Waals surface area contributed by atoms with Crippen molar-refractivity contribution in [1.29, 1.82) is 0 Å². The molecule has 0 aliphatic carbocycles. The van der Waals surface area contributed by atoms with Crippen LogP contribution < -0.4 is 10.2 Å². The smallest absolute Gasteiger partial charge is 0.229 e. The summed E-state index contributed by atoms with van der Waals surface area (Å²) in [6, 6.07) is 10.5. The summed E-state index contributed by atoms with van der Waals surface area (Å²) in [6.07, 6.45) is -5.75. The zero-order chi connectivity index (χ0) is 21.4. The van der Waals surface area contributed by atoms with Crippen molar-refractivity contribution in [2.45, 2.75) is 30.7 Å². The zero-order valence-electron chi connectivity index (χ0n) is 15.6. The molecule has 9 nitrogen and oxygen atoms in total. The summed E-state index contributed by atoms with van der Waals surface area (Å²) < 4.78 is 16.4. The number of aromatic hydroxyl groups is 1. The van der Waals surface area contributed by atoms with E-state index >= 15 is 0 Å². The summed E-state index contributed by atoms with van der Waals surface area (Å²) in [7, 11) is 0. The Kier molecular flexibility index (Phi) is 5.46. The lowest BCUT2D eigenvalue weighted by Crippen LogP contribution is -2.60. The highest BCUT2D eigenvalue weighted by atomic mass is 16.7. The third kappa shape index (κ3) is 3.64. The maximum absolute atomic E-state index is 12.8. The van der Waals surface area contributed by atoms with Crippen molar-refractivity contribution in [3.8, 4) is 22.6 Å². The molecular formula is C21H20O9. The molecule has 2 heterocycles. The normalized spacial score (nSPS) is 26.6. The zero-order valence-corrected chi connectivity index (χ0v) is 15.6. The average Bonchev–Trinajstić information content (AvgIpc) is 2.75. The molecule has 0 saturated carbocycles. The van der Waals surface area contributed by atoms with E-state index < -0.39 is 37.3 Å². The third-order valence-corrected chi connectivity index (χ3v) is 5.03. The second-order valence-corrected chi connectivity index (χ2v) is 7.00. The molecule has 30 heavy (non-hydrogen) atoms. The second kappa shape index (κ2) is 8.05. The van der Waals surface area contributed by atoms with E-state index in [0.717, 1.165) is 0 Å². The van der Waals surface area contributed by atoms with Gasteiger partial charge in [-0.1, -0.05) is 12.1 Å². The van der Waals surface area contributed by atoms with Crippen LogP contribution in [0.5, 0.6) is 11.5 Å². The van der Waals surface area contributed by atoms with Gasteiger partial charge in [0.15, 0.2) is 5.43 Å². The van der Waals surface area contributed by atoms with Crippen LogP contribution in [0.3, 0.4) is 0 Å². The van der Waals surface area contributed by atoms with E-state index in [9.17, 15) is 30.3 Å². The van der Waals surface area contributed by atoms with Gasteiger partial charge in [0.05, 0.1) is 17.6 Å². The predicted molar refractivity (Wildman–Crippen MR) is 104 cm³/mol. The second-order valence-electron chi connectivity index (χ2n) is 7.00. The number of phenols is 1. The van der Waals surface area contributed by atoms with Crippen molar-refractivity contribution in [3.05, 3.63) is 59.0 Å². The standard InChI is InChI=1S/C21H20O9/c22-8-16-18(25)19(26)20(27)21(30-16)29-12-5-6-13-15(7-12)28-9-14(17(13)24)10-1-3-11(23)4-2-10/h1-7,9,16,18-23,25-27H,8H2/t16-,18-,19+,20+,21-/m1/s1. The van der Waals surface area contributed by atoms with E-state index in [1.165, 1.54) is 36.6 Å². The lowest BCUT2D eigenvalue weighted by Gasteiger charge is -2.39. The first-order valence-corrected chi connectivity index (χ1v) is 9.21. The lowest BCUT2D eigenvalue weighted by molar-refractivity contribution is -0.277. The number of fused-ring (bicyclic) bond motifs is 1. The molecule has 5 N–H and O–H groups in total. The van der Waals surface area contributed by atoms with Crippen LogP contribution in [0, 0.1) is 0 Å². The van der Waals surface area contributed by atoms with Gasteiger partial charge >= 0.3 is 0 Å². The van der Waals surface area contributed by atoms with Crippen LogP contribution >= 0.6 is 0 Å². The first kappa shape index (κ1) is 20.3. The van der Waals surface area contributed by atoms with Crippen LogP contribution in [0.4, 0.5) is 0 Å². The number of aliphatic hydroxyl groups excluding tert-OH is 4. The van der Waals surface area contributed by atoms with E-state index in [4.69, 9.17) is 13.9 Å². The highest BCUT2D eigenvalue weighted by Gasteiger charge is 2.44. The number of ether oxygens (including phenoxy) is 2. The fourth-order valence-electron chi connectivity index (χ4n) is 3.32. The Morgan fingerprint density at radius 3 is 2.40 bits per heavy atom. The van der Waals surface area contributed by atoms with Crippen LogP contribution in [0.15, 0.2) is 57.9 Å². The number of benzene rings is 2. The molecule has 0 spiro atoms. The number of hydrogen-bond acceptors (Lipinski definition) is 9. The van der Waals surface area contributed by atoms with Crippen molar-refractivity contribution in [2.75, 3.05) is 6.61 Å². The molecule has 3 aromatic rings. The van der Waals surface area contributed by atoms with Crippen molar-refractivity contribution in [3.63, 3.8) is 0 Å². The fraction of sp³-hybridized carbons (Fsp3) is 0.286. The van der Waals surface area contributed by atoms with Gasteiger partial charge in [-0.3, -0.25) is 4.79 Å². The van der Waals surface area contributed by atoms with Gasteiger partial charge in [0.2, 0.25) is 6.29 Å². The summed E-state index contributed by atoms with van der Waals surface area (Å²) in [4.78, 5) is 12.8. The molecule has 1 aromatic heterocycles. The molecule has 0 radical (unpaired) electrons. The van der Waals surface area contributed by atoms with Crippen LogP contribution in [0.1, 0.15) is 0 Å². The quantitative estimate of drug-likeness (QED) is 0.406. The lowest BCUT2D eigenvalue weighted by atomic mass is 9.99. The van der Waals surface area contributed by atoms with Gasteiger partial charge in [-0.05, 0) is 29.8 Å². The van der Waals surface area contributed by atoms with Crippen molar-refractivity contribution < 1.29 is 39.4 Å². The van der Waals surface area contributed by atoms with E-state index in [-0.39, 0.29) is 22.5 Å². The predicted octanol–water partition coefficient (Wildman–Crippen LogP) is 0.344. The molecule has 5 atom stereocenters. The maximum Gasteiger partial charge on any atom is 0.229 e. The van der Waals surface area contributed by atoms with Gasteiger partial charge in [-0.15, -0.1) is 0 Å². The average molecular weight is 416 g/mol. The van der Waals surface area contributed by atoms with E-state index in [1.807, 2.05) is 0 Å². The first-order chi connectivity index (χ1) is 14.4. The van der Waals surface area contributed by atoms with E-state index in [0.29, 0.717) is 16.5 Å². The largest absolute Gasteiger partial charge is 0.508 e. The Bertz CT molecular complexity index is 1090. The third-order valence-electron chi connectivity index (χ3n) is 5.03. The Labute approximate surface area is 170 Å². The van der Waals surface area contributed by atoms with Gasteiger partial charge < -0.3 is 39.4 Å². The molecule has 0 bridgehead atoms. The van der Waals surface area contributed by atoms with E-state index in [2.05, 4.69) is 0 Å². The highest BCUT2D eigenvalue weighted by molar-refractivity contribution is 5.82. The summed E-state index contributed by atoms with van der Waals surface area (Å²) in [5.74, 6) is 0.270. The molecule has 1 aliphatic rings. The van der Waals surface area contributed by atoms with Crippen LogP contribution in [-0.4, -0.2) is 62.8 Å². The van der Waals surface area contributed by atoms with Gasteiger partial charge in [0, 0.05) is 6.07 Å². The Hall–Kier alpha value is -2.95. The summed E-state index contributed by atoms with van der Waals surface area (Å²) in [6.45, 7) is -0.572. The van der Waals surface area contributed by atoms with Gasteiger partial charge in [-0.25, -0.2) is 0 Å². The van der Waals surface area contributed by atoms with Crippen molar-refractivity contribution in [2.24, 2.45) is 0 Å². The Morgan fingerprint density at radius 2 is 1.70 bits per heavy atom. The molecule has 0 unspecified atom stereocenters. The number of phenolic OH excluding ortho intramolecular Hbond substituents is 1. The SMILES string of the molecule is O=c1c(-c2ccc(O)cc2)coc2cc(O[C@@H]3O[C@H](CO)[C@@H](O)[C@H](O)[C@@H]3O)ccc12. The molecule has 0 amide bonds. The summed E-state index contributed by atoms with van der Waals surface area (Å²) in [5.41, 5.74) is 0.862. The van der Waals surface area contributed by atoms with Crippen molar-refractivity contribution in [1.82, 2.24) is 0 Å². The molecule has 1 saturated heterocycles. The van der Waals surface area contributed by atoms with Crippen LogP contribution in [-0.2, 0) is 4.74 Å². The first-order valence-electron chi connectivity index (χ1n) is 9.21. The molecule has 1 fully saturated rings. The Morgan fingerprint density at radius 1 is 0.967 bits per heavy atom. The fourth-order valence-corrected chi connectivity index (χ4v) is 3.32. The maximum atomic E-state index is 12.8. The number of hydrogen-bond donors (Lipinski definition) is 5. The molecule has 9 heteroatoms. The molecule has 4 rings (SSSR count). The van der Waals surface area contributed by atoms with Gasteiger partial charge in [0.1, 0.15) is 47.8 Å². The van der Waals surface area contributed by atoms with Gasteiger partial charge in [-0.2, -0.15) is 0 Å². The number of rotatable bonds is 4. The number of aliphatic hydroxyl groups is 4.